The number of hydrogen-bond acceptors (Lipinski definition) is 4. The van der Waals surface area contributed by atoms with Crippen molar-refractivity contribution in [1.29, 1.82) is 0 Å². The molecule has 4 rings (SSSR count). The maximum absolute atomic E-state index is 12.9. The molecule has 0 atom stereocenters. The van der Waals surface area contributed by atoms with Crippen LogP contribution in [0.1, 0.15) is 24.0 Å². The fraction of sp³-hybridized carbons (Fsp3) is 0.400. The van der Waals surface area contributed by atoms with Gasteiger partial charge in [0.05, 0.1) is 18.6 Å². The molecule has 0 unspecified atom stereocenters. The van der Waals surface area contributed by atoms with E-state index in [1.54, 1.807) is 9.30 Å². The highest BCUT2D eigenvalue weighted by molar-refractivity contribution is 5.86. The third kappa shape index (κ3) is 3.26. The summed E-state index contributed by atoms with van der Waals surface area (Å²) in [6, 6.07) is 8.02. The first-order valence-corrected chi connectivity index (χ1v) is 9.48. The first kappa shape index (κ1) is 18.2. The Bertz CT molecular complexity index is 1140. The summed E-state index contributed by atoms with van der Waals surface area (Å²) in [7, 11) is 0. The Morgan fingerprint density at radius 1 is 1.21 bits per heavy atom. The summed E-state index contributed by atoms with van der Waals surface area (Å²) in [6.07, 6.45) is 1.31. The summed E-state index contributed by atoms with van der Waals surface area (Å²) in [5.41, 5.74) is 3.22. The number of amides is 2. The SMILES string of the molecule is Cc1ccc2cc(C)c3nn(CCNC(=O)CN4CCCC4=O)c(=O)n3c2c1. The minimum Gasteiger partial charge on any atom is -0.353 e. The molecule has 2 aromatic heterocycles. The van der Waals surface area contributed by atoms with E-state index < -0.39 is 0 Å². The fourth-order valence-electron chi connectivity index (χ4n) is 3.69. The summed E-state index contributed by atoms with van der Waals surface area (Å²) in [6.45, 7) is 5.17. The lowest BCUT2D eigenvalue weighted by molar-refractivity contribution is -0.133. The van der Waals surface area contributed by atoms with Gasteiger partial charge in [-0.3, -0.25) is 9.59 Å². The maximum Gasteiger partial charge on any atom is 0.350 e. The number of pyridine rings is 1. The molecule has 1 fully saturated rings. The lowest BCUT2D eigenvalue weighted by Crippen LogP contribution is -2.39. The number of benzene rings is 1. The van der Waals surface area contributed by atoms with Crippen molar-refractivity contribution in [3.8, 4) is 0 Å². The van der Waals surface area contributed by atoms with Crippen LogP contribution in [0.25, 0.3) is 16.6 Å². The first-order valence-electron chi connectivity index (χ1n) is 9.48. The van der Waals surface area contributed by atoms with Crippen molar-refractivity contribution in [2.75, 3.05) is 19.6 Å². The molecule has 28 heavy (non-hydrogen) atoms. The third-order valence-corrected chi connectivity index (χ3v) is 5.14. The van der Waals surface area contributed by atoms with Gasteiger partial charge >= 0.3 is 5.69 Å². The minimum atomic E-state index is -0.224. The zero-order valence-corrected chi connectivity index (χ0v) is 16.1. The molecular formula is C20H23N5O3. The molecule has 1 aliphatic rings. The van der Waals surface area contributed by atoms with E-state index >= 15 is 0 Å². The largest absolute Gasteiger partial charge is 0.353 e. The second-order valence-corrected chi connectivity index (χ2v) is 7.32. The Morgan fingerprint density at radius 3 is 2.79 bits per heavy atom. The lowest BCUT2D eigenvalue weighted by Gasteiger charge is -2.14. The van der Waals surface area contributed by atoms with Crippen LogP contribution in [0.3, 0.4) is 0 Å². The van der Waals surface area contributed by atoms with Gasteiger partial charge in [0.15, 0.2) is 5.65 Å². The van der Waals surface area contributed by atoms with Crippen molar-refractivity contribution in [1.82, 2.24) is 24.4 Å². The van der Waals surface area contributed by atoms with Gasteiger partial charge in [0.2, 0.25) is 11.8 Å². The highest BCUT2D eigenvalue weighted by atomic mass is 16.2. The second kappa shape index (κ2) is 7.10. The Kier molecular flexibility index (Phi) is 4.62. The maximum atomic E-state index is 12.9. The van der Waals surface area contributed by atoms with Crippen molar-refractivity contribution in [3.05, 3.63) is 45.9 Å². The Morgan fingerprint density at radius 2 is 2.04 bits per heavy atom. The number of carbonyl (C=O) groups is 2. The summed E-state index contributed by atoms with van der Waals surface area (Å²) in [4.78, 5) is 38.1. The number of nitrogens with one attached hydrogen (secondary N) is 1. The van der Waals surface area contributed by atoms with Crippen molar-refractivity contribution in [3.63, 3.8) is 0 Å². The molecule has 0 saturated carbocycles. The second-order valence-electron chi connectivity index (χ2n) is 7.32. The average Bonchev–Trinajstić information content (AvgIpc) is 3.20. The number of carbonyl (C=O) groups excluding carboxylic acids is 2. The Balaban J connectivity index is 1.52. The third-order valence-electron chi connectivity index (χ3n) is 5.14. The molecule has 3 aromatic rings. The van der Waals surface area contributed by atoms with E-state index in [1.807, 2.05) is 38.1 Å². The number of aryl methyl sites for hydroxylation is 2. The number of fused-ring (bicyclic) bond motifs is 3. The van der Waals surface area contributed by atoms with Crippen LogP contribution in [0.4, 0.5) is 0 Å². The van der Waals surface area contributed by atoms with Crippen LogP contribution in [0.5, 0.6) is 0 Å². The van der Waals surface area contributed by atoms with Gasteiger partial charge in [0, 0.05) is 19.5 Å². The van der Waals surface area contributed by atoms with Gasteiger partial charge in [-0.05, 0) is 48.9 Å². The molecular weight excluding hydrogens is 358 g/mol. The lowest BCUT2D eigenvalue weighted by atomic mass is 10.1. The monoisotopic (exact) mass is 381 g/mol. The molecule has 3 heterocycles. The van der Waals surface area contributed by atoms with Crippen LogP contribution < -0.4 is 11.0 Å². The van der Waals surface area contributed by atoms with Crippen LogP contribution in [0.2, 0.25) is 0 Å². The van der Waals surface area contributed by atoms with Crippen LogP contribution in [-0.2, 0) is 16.1 Å². The zero-order valence-electron chi connectivity index (χ0n) is 16.1. The van der Waals surface area contributed by atoms with E-state index in [2.05, 4.69) is 10.4 Å². The number of nitrogens with zero attached hydrogens (tertiary/aromatic N) is 4. The van der Waals surface area contributed by atoms with E-state index in [1.165, 1.54) is 4.68 Å². The molecule has 8 heteroatoms. The van der Waals surface area contributed by atoms with Gasteiger partial charge < -0.3 is 10.2 Å². The van der Waals surface area contributed by atoms with Gasteiger partial charge in [-0.15, -0.1) is 5.10 Å². The number of likely N-dealkylation sites (tertiary alicyclic amines) is 1. The molecule has 1 aromatic carbocycles. The minimum absolute atomic E-state index is 0.0179. The van der Waals surface area contributed by atoms with Crippen molar-refractivity contribution >= 4 is 28.4 Å². The van der Waals surface area contributed by atoms with Crippen LogP contribution in [0, 0.1) is 13.8 Å². The fourth-order valence-corrected chi connectivity index (χ4v) is 3.69. The predicted molar refractivity (Wildman–Crippen MR) is 105 cm³/mol. The van der Waals surface area contributed by atoms with E-state index in [9.17, 15) is 14.4 Å². The van der Waals surface area contributed by atoms with Crippen molar-refractivity contribution in [2.24, 2.45) is 0 Å². The summed E-state index contributed by atoms with van der Waals surface area (Å²) in [5.74, 6) is -0.200. The highest BCUT2D eigenvalue weighted by Gasteiger charge is 2.22. The molecule has 8 nitrogen and oxygen atoms in total. The van der Waals surface area contributed by atoms with Crippen LogP contribution in [0.15, 0.2) is 29.1 Å². The summed E-state index contributed by atoms with van der Waals surface area (Å²) >= 11 is 0. The topological polar surface area (TPSA) is 88.7 Å². The molecule has 1 aliphatic heterocycles. The van der Waals surface area contributed by atoms with Gasteiger partial charge in [-0.2, -0.15) is 0 Å². The molecule has 0 spiro atoms. The standard InChI is InChI=1S/C20H23N5O3/c1-13-5-6-15-11-14(2)19-22-24(20(28)25(19)16(15)10-13)9-7-21-17(26)12-23-8-3-4-18(23)27/h5-6,10-11H,3-4,7-9,12H2,1-2H3,(H,21,26). The van der Waals surface area contributed by atoms with Crippen LogP contribution in [-0.4, -0.2) is 50.5 Å². The van der Waals surface area contributed by atoms with Gasteiger partial charge in [-0.25, -0.2) is 13.9 Å². The average molecular weight is 381 g/mol. The number of rotatable bonds is 5. The van der Waals surface area contributed by atoms with E-state index in [0.29, 0.717) is 18.6 Å². The Hall–Kier alpha value is -3.16. The van der Waals surface area contributed by atoms with Crippen LogP contribution >= 0.6 is 0 Å². The first-order chi connectivity index (χ1) is 13.4. The molecule has 146 valence electrons. The normalized spacial score (nSPS) is 14.4. The molecule has 0 bridgehead atoms. The number of hydrogen-bond donors (Lipinski definition) is 1. The van der Waals surface area contributed by atoms with Gasteiger partial charge in [-0.1, -0.05) is 12.1 Å². The van der Waals surface area contributed by atoms with Crippen molar-refractivity contribution in [2.45, 2.75) is 33.2 Å². The summed E-state index contributed by atoms with van der Waals surface area (Å²) in [5, 5.41) is 8.21. The highest BCUT2D eigenvalue weighted by Crippen LogP contribution is 2.19. The molecule has 0 radical (unpaired) electrons. The zero-order chi connectivity index (χ0) is 19.8. The quantitative estimate of drug-likeness (QED) is 0.714. The molecule has 1 saturated heterocycles. The molecule has 2 amide bonds. The molecule has 0 aliphatic carbocycles. The van der Waals surface area contributed by atoms with Gasteiger partial charge in [0.25, 0.3) is 0 Å². The van der Waals surface area contributed by atoms with E-state index in [0.717, 1.165) is 28.5 Å². The van der Waals surface area contributed by atoms with Crippen molar-refractivity contribution < 1.29 is 9.59 Å². The van der Waals surface area contributed by atoms with E-state index in [-0.39, 0.29) is 37.1 Å². The predicted octanol–water partition coefficient (Wildman–Crippen LogP) is 1.00. The number of aromatic nitrogens is 3. The van der Waals surface area contributed by atoms with Gasteiger partial charge in [0.1, 0.15) is 0 Å². The smallest absolute Gasteiger partial charge is 0.350 e. The van der Waals surface area contributed by atoms with E-state index in [4.69, 9.17) is 0 Å². The Labute approximate surface area is 161 Å². The summed E-state index contributed by atoms with van der Waals surface area (Å²) < 4.78 is 3.01. The molecule has 1 N–H and O–H groups in total.